The minimum atomic E-state index is 0.609. The van der Waals surface area contributed by atoms with Crippen LogP contribution in [0, 0.1) is 0 Å². The summed E-state index contributed by atoms with van der Waals surface area (Å²) in [5, 5.41) is 4.39. The standard InChI is InChI=1S/C48H30N6/c1-3-11-34(12-4-1)46-52-47(35-13-5-2-6-14-35)54-48(53-46)40-28-38(27-39(29-40)37-22-19-31-10-7-8-15-36(31)26-37)32-17-20-33(21-18-32)44-41-23-25-49-30-42(41)45-43(51-44)16-9-24-50-45/h1-30H. The van der Waals surface area contributed by atoms with Gasteiger partial charge in [0.05, 0.1) is 16.7 Å². The van der Waals surface area contributed by atoms with Crippen molar-refractivity contribution in [1.29, 1.82) is 0 Å². The maximum Gasteiger partial charge on any atom is 0.164 e. The van der Waals surface area contributed by atoms with E-state index in [4.69, 9.17) is 19.9 Å². The van der Waals surface area contributed by atoms with Crippen LogP contribution in [0.2, 0.25) is 0 Å². The molecule has 4 heterocycles. The largest absolute Gasteiger partial charge is 0.264 e. The van der Waals surface area contributed by atoms with Crippen molar-refractivity contribution in [2.24, 2.45) is 0 Å². The van der Waals surface area contributed by atoms with Gasteiger partial charge in [-0.15, -0.1) is 0 Å². The van der Waals surface area contributed by atoms with E-state index in [0.717, 1.165) is 72.0 Å². The number of aromatic nitrogens is 6. The van der Waals surface area contributed by atoms with Crippen LogP contribution in [-0.2, 0) is 0 Å². The molecule has 6 aromatic carbocycles. The normalized spacial score (nSPS) is 11.3. The predicted octanol–water partition coefficient (Wildman–Crippen LogP) is 11.5. The average molecular weight is 691 g/mol. The Morgan fingerprint density at radius 1 is 0.333 bits per heavy atom. The van der Waals surface area contributed by atoms with Crippen LogP contribution in [-0.4, -0.2) is 29.9 Å². The third kappa shape index (κ3) is 5.82. The quantitative estimate of drug-likeness (QED) is 0.162. The van der Waals surface area contributed by atoms with Gasteiger partial charge >= 0.3 is 0 Å². The van der Waals surface area contributed by atoms with Crippen molar-refractivity contribution in [3.05, 3.63) is 182 Å². The van der Waals surface area contributed by atoms with E-state index < -0.39 is 0 Å². The number of hydrogen-bond donors (Lipinski definition) is 0. The van der Waals surface area contributed by atoms with E-state index in [0.29, 0.717) is 17.5 Å². The molecule has 10 aromatic rings. The molecule has 252 valence electrons. The van der Waals surface area contributed by atoms with E-state index in [1.807, 2.05) is 91.3 Å². The van der Waals surface area contributed by atoms with Crippen LogP contribution in [0.1, 0.15) is 0 Å². The summed E-state index contributed by atoms with van der Waals surface area (Å²) in [4.78, 5) is 29.2. The molecule has 0 radical (unpaired) electrons. The lowest BCUT2D eigenvalue weighted by atomic mass is 9.93. The molecule has 54 heavy (non-hydrogen) atoms. The summed E-state index contributed by atoms with van der Waals surface area (Å²) < 4.78 is 0. The summed E-state index contributed by atoms with van der Waals surface area (Å²) in [7, 11) is 0. The lowest BCUT2D eigenvalue weighted by Gasteiger charge is -2.13. The Kier molecular flexibility index (Phi) is 7.69. The second kappa shape index (κ2) is 13.3. The fourth-order valence-corrected chi connectivity index (χ4v) is 7.10. The average Bonchev–Trinajstić information content (AvgIpc) is 3.26. The molecule has 6 heteroatoms. The molecule has 0 aliphatic rings. The van der Waals surface area contributed by atoms with E-state index in [1.54, 1.807) is 6.20 Å². The number of benzene rings is 6. The molecule has 0 aliphatic heterocycles. The Morgan fingerprint density at radius 2 is 0.926 bits per heavy atom. The maximum absolute atomic E-state index is 5.09. The van der Waals surface area contributed by atoms with Gasteiger partial charge in [-0.3, -0.25) is 9.97 Å². The van der Waals surface area contributed by atoms with Crippen molar-refractivity contribution < 1.29 is 0 Å². The van der Waals surface area contributed by atoms with Gasteiger partial charge in [-0.05, 0) is 75.5 Å². The fourth-order valence-electron chi connectivity index (χ4n) is 7.10. The third-order valence-electron chi connectivity index (χ3n) is 9.82. The highest BCUT2D eigenvalue weighted by Crippen LogP contribution is 2.36. The van der Waals surface area contributed by atoms with Crippen LogP contribution in [0.4, 0.5) is 0 Å². The molecule has 6 nitrogen and oxygen atoms in total. The highest BCUT2D eigenvalue weighted by molar-refractivity contribution is 6.08. The number of nitrogens with zero attached hydrogens (tertiary/aromatic N) is 6. The Balaban J connectivity index is 1.14. The van der Waals surface area contributed by atoms with Gasteiger partial charge in [-0.25, -0.2) is 19.9 Å². The summed E-state index contributed by atoms with van der Waals surface area (Å²) in [5.41, 5.74) is 10.7. The van der Waals surface area contributed by atoms with Gasteiger partial charge in [0.2, 0.25) is 0 Å². The van der Waals surface area contributed by atoms with Crippen LogP contribution in [0.25, 0.3) is 100 Å². The highest BCUT2D eigenvalue weighted by atomic mass is 15.0. The topological polar surface area (TPSA) is 77.3 Å². The van der Waals surface area contributed by atoms with Gasteiger partial charge in [0.25, 0.3) is 0 Å². The summed E-state index contributed by atoms with van der Waals surface area (Å²) in [5.74, 6) is 1.86. The van der Waals surface area contributed by atoms with Gasteiger partial charge in [0.15, 0.2) is 17.5 Å². The minimum absolute atomic E-state index is 0.609. The maximum atomic E-state index is 5.09. The Bertz CT molecular complexity index is 2920. The first kappa shape index (κ1) is 31.3. The van der Waals surface area contributed by atoms with Crippen LogP contribution in [0.15, 0.2) is 182 Å². The second-order valence-corrected chi connectivity index (χ2v) is 13.2. The Labute approximate surface area is 311 Å². The molecule has 0 fully saturated rings. The van der Waals surface area contributed by atoms with Gasteiger partial charge in [-0.1, -0.05) is 121 Å². The molecule has 0 saturated carbocycles. The Morgan fingerprint density at radius 3 is 1.65 bits per heavy atom. The highest BCUT2D eigenvalue weighted by Gasteiger charge is 2.16. The third-order valence-corrected chi connectivity index (χ3v) is 9.82. The zero-order chi connectivity index (χ0) is 35.8. The molecule has 0 saturated heterocycles. The molecule has 4 aromatic heterocycles. The van der Waals surface area contributed by atoms with Crippen LogP contribution in [0.5, 0.6) is 0 Å². The van der Waals surface area contributed by atoms with Crippen molar-refractivity contribution in [1.82, 2.24) is 29.9 Å². The molecular weight excluding hydrogens is 661 g/mol. The van der Waals surface area contributed by atoms with Crippen molar-refractivity contribution in [2.45, 2.75) is 0 Å². The number of hydrogen-bond acceptors (Lipinski definition) is 6. The molecule has 0 aliphatic carbocycles. The van der Waals surface area contributed by atoms with E-state index >= 15 is 0 Å². The molecule has 0 unspecified atom stereocenters. The van der Waals surface area contributed by atoms with Crippen molar-refractivity contribution >= 4 is 32.6 Å². The zero-order valence-electron chi connectivity index (χ0n) is 29.0. The SMILES string of the molecule is c1ccc(-c2nc(-c3ccccc3)nc(-c3cc(-c4ccc(-c5nc6cccnc6c6cnccc56)cc4)cc(-c4ccc5ccccc5c4)c3)n2)cc1. The van der Waals surface area contributed by atoms with Crippen LogP contribution < -0.4 is 0 Å². The van der Waals surface area contributed by atoms with E-state index in [1.165, 1.54) is 10.8 Å². The Hall–Kier alpha value is -7.44. The summed E-state index contributed by atoms with van der Waals surface area (Å²) in [6.07, 6.45) is 5.48. The van der Waals surface area contributed by atoms with Gasteiger partial charge in [0, 0.05) is 51.6 Å². The fraction of sp³-hybridized carbons (Fsp3) is 0. The summed E-state index contributed by atoms with van der Waals surface area (Å²) in [6, 6.07) is 56.4. The number of pyridine rings is 3. The monoisotopic (exact) mass is 690 g/mol. The predicted molar refractivity (Wildman–Crippen MR) is 218 cm³/mol. The van der Waals surface area contributed by atoms with E-state index in [9.17, 15) is 0 Å². The van der Waals surface area contributed by atoms with Gasteiger partial charge < -0.3 is 0 Å². The molecular formula is C48H30N6. The first-order valence-electron chi connectivity index (χ1n) is 17.8. The lowest BCUT2D eigenvalue weighted by molar-refractivity contribution is 1.07. The second-order valence-electron chi connectivity index (χ2n) is 13.2. The van der Waals surface area contributed by atoms with Crippen molar-refractivity contribution in [3.8, 4) is 67.7 Å². The zero-order valence-corrected chi connectivity index (χ0v) is 29.0. The van der Waals surface area contributed by atoms with E-state index in [2.05, 4.69) is 94.9 Å². The molecule has 10 rings (SSSR count). The minimum Gasteiger partial charge on any atom is -0.264 e. The molecule has 0 amide bonds. The first-order valence-corrected chi connectivity index (χ1v) is 17.8. The molecule has 0 N–H and O–H groups in total. The van der Waals surface area contributed by atoms with Gasteiger partial charge in [-0.2, -0.15) is 0 Å². The molecule has 0 atom stereocenters. The first-order chi connectivity index (χ1) is 26.7. The number of fused-ring (bicyclic) bond motifs is 4. The van der Waals surface area contributed by atoms with Crippen molar-refractivity contribution in [3.63, 3.8) is 0 Å². The molecule has 0 spiro atoms. The number of rotatable bonds is 6. The van der Waals surface area contributed by atoms with Gasteiger partial charge in [0.1, 0.15) is 0 Å². The summed E-state index contributed by atoms with van der Waals surface area (Å²) in [6.45, 7) is 0. The molecule has 0 bridgehead atoms. The van der Waals surface area contributed by atoms with Crippen molar-refractivity contribution in [2.75, 3.05) is 0 Å². The van der Waals surface area contributed by atoms with Crippen LogP contribution in [0.3, 0.4) is 0 Å². The van der Waals surface area contributed by atoms with E-state index in [-0.39, 0.29) is 0 Å². The van der Waals surface area contributed by atoms with Crippen LogP contribution >= 0.6 is 0 Å². The summed E-state index contributed by atoms with van der Waals surface area (Å²) >= 11 is 0. The lowest BCUT2D eigenvalue weighted by Crippen LogP contribution is -2.00. The smallest absolute Gasteiger partial charge is 0.164 e.